The molecule has 0 aromatic heterocycles. The van der Waals surface area contributed by atoms with Crippen molar-refractivity contribution >= 4 is 26.1 Å². The first-order valence-electron chi connectivity index (χ1n) is 5.83. The molecule has 1 atom stereocenters. The third-order valence-electron chi connectivity index (χ3n) is 2.96. The molecule has 0 saturated carbocycles. The van der Waals surface area contributed by atoms with Gasteiger partial charge in [0, 0.05) is 31.5 Å². The van der Waals surface area contributed by atoms with Gasteiger partial charge in [-0.05, 0) is 18.8 Å². The molecule has 1 fully saturated rings. The second kappa shape index (κ2) is 6.33. The van der Waals surface area contributed by atoms with Crippen LogP contribution in [0.5, 0.6) is 0 Å². The number of piperidine rings is 1. The Kier molecular flexibility index (Phi) is 5.70. The van der Waals surface area contributed by atoms with Crippen LogP contribution in [0, 0.1) is 5.92 Å². The van der Waals surface area contributed by atoms with Gasteiger partial charge in [-0.25, -0.2) is 0 Å². The molecule has 1 unspecified atom stereocenters. The Morgan fingerprint density at radius 1 is 1.50 bits per heavy atom. The van der Waals surface area contributed by atoms with E-state index in [0.29, 0.717) is 37.4 Å². The lowest BCUT2D eigenvalue weighted by atomic mass is 10.0. The number of hydrogen-bond donors (Lipinski definition) is 0. The van der Waals surface area contributed by atoms with Crippen molar-refractivity contribution < 1.29 is 8.42 Å². The molecule has 0 bridgehead atoms. The summed E-state index contributed by atoms with van der Waals surface area (Å²) < 4.78 is 27.7. The average Bonchev–Trinajstić information content (AvgIpc) is 2.25. The highest BCUT2D eigenvalue weighted by atomic mass is 79.9. The Labute approximate surface area is 107 Å². The Morgan fingerprint density at radius 3 is 2.69 bits per heavy atom. The Balaban J connectivity index is 2.74. The number of rotatable bonds is 5. The van der Waals surface area contributed by atoms with Gasteiger partial charge in [-0.2, -0.15) is 17.0 Å². The van der Waals surface area contributed by atoms with Crippen LogP contribution >= 0.6 is 15.9 Å². The maximum Gasteiger partial charge on any atom is 0.282 e. The summed E-state index contributed by atoms with van der Waals surface area (Å²) in [5.74, 6) is 0.478. The van der Waals surface area contributed by atoms with Crippen molar-refractivity contribution in [3.05, 3.63) is 0 Å². The average molecular weight is 313 g/mol. The van der Waals surface area contributed by atoms with E-state index in [4.69, 9.17) is 0 Å². The van der Waals surface area contributed by atoms with Gasteiger partial charge >= 0.3 is 0 Å². The van der Waals surface area contributed by atoms with Gasteiger partial charge in [-0.15, -0.1) is 0 Å². The molecule has 96 valence electrons. The minimum Gasteiger partial charge on any atom is -0.195 e. The molecule has 0 aromatic rings. The minimum absolute atomic E-state index is 0.478. The molecule has 1 aliphatic rings. The van der Waals surface area contributed by atoms with Crippen LogP contribution in [0.1, 0.15) is 26.7 Å². The number of nitrogens with zero attached hydrogens (tertiary/aromatic N) is 2. The number of halogens is 1. The van der Waals surface area contributed by atoms with Crippen LogP contribution in [-0.4, -0.2) is 48.5 Å². The highest BCUT2D eigenvalue weighted by Gasteiger charge is 2.31. The molecule has 4 nitrogen and oxygen atoms in total. The number of alkyl halides is 1. The minimum atomic E-state index is -3.23. The van der Waals surface area contributed by atoms with Gasteiger partial charge in [-0.1, -0.05) is 29.8 Å². The summed E-state index contributed by atoms with van der Waals surface area (Å²) in [6, 6.07) is 0. The zero-order chi connectivity index (χ0) is 12.2. The van der Waals surface area contributed by atoms with Crippen molar-refractivity contribution in [1.29, 1.82) is 0 Å². The van der Waals surface area contributed by atoms with E-state index in [0.717, 1.165) is 12.8 Å². The van der Waals surface area contributed by atoms with E-state index in [1.165, 1.54) is 0 Å². The van der Waals surface area contributed by atoms with Gasteiger partial charge < -0.3 is 0 Å². The van der Waals surface area contributed by atoms with Crippen molar-refractivity contribution in [3.63, 3.8) is 0 Å². The standard InChI is InChI=1S/C10H21BrN2O2S/c1-3-12(8-6-11)16(14,15)13-7-4-5-10(2)9-13/h10H,3-9H2,1-2H3. The van der Waals surface area contributed by atoms with Crippen LogP contribution in [0.3, 0.4) is 0 Å². The Bertz CT molecular complexity index is 308. The number of hydrogen-bond acceptors (Lipinski definition) is 2. The smallest absolute Gasteiger partial charge is 0.195 e. The lowest BCUT2D eigenvalue weighted by molar-refractivity contribution is 0.261. The summed E-state index contributed by atoms with van der Waals surface area (Å²) in [6.07, 6.45) is 2.11. The maximum atomic E-state index is 12.3. The normalized spacial score (nSPS) is 23.9. The van der Waals surface area contributed by atoms with Gasteiger partial charge in [0.05, 0.1) is 0 Å². The summed E-state index contributed by atoms with van der Waals surface area (Å²) in [6.45, 7) is 6.42. The fourth-order valence-corrected chi connectivity index (χ4v) is 4.49. The molecule has 6 heteroatoms. The van der Waals surface area contributed by atoms with Crippen LogP contribution in [0.15, 0.2) is 0 Å². The lowest BCUT2D eigenvalue weighted by Crippen LogP contribution is -2.48. The molecule has 1 aliphatic heterocycles. The van der Waals surface area contributed by atoms with E-state index in [-0.39, 0.29) is 0 Å². The van der Waals surface area contributed by atoms with Crippen LogP contribution in [0.4, 0.5) is 0 Å². The summed E-state index contributed by atoms with van der Waals surface area (Å²) in [4.78, 5) is 0. The first kappa shape index (κ1) is 14.4. The van der Waals surface area contributed by atoms with E-state index in [9.17, 15) is 8.42 Å². The molecular weight excluding hydrogens is 292 g/mol. The van der Waals surface area contributed by atoms with Gasteiger partial charge in [0.15, 0.2) is 0 Å². The van der Waals surface area contributed by atoms with Crippen LogP contribution < -0.4 is 0 Å². The molecule has 0 amide bonds. The van der Waals surface area contributed by atoms with Gasteiger partial charge in [0.1, 0.15) is 0 Å². The van der Waals surface area contributed by atoms with E-state index < -0.39 is 10.2 Å². The molecule has 16 heavy (non-hydrogen) atoms. The lowest BCUT2D eigenvalue weighted by Gasteiger charge is -2.33. The second-order valence-corrected chi connectivity index (χ2v) is 7.02. The third-order valence-corrected chi connectivity index (χ3v) is 5.39. The van der Waals surface area contributed by atoms with Gasteiger partial charge in [0.2, 0.25) is 0 Å². The van der Waals surface area contributed by atoms with Crippen LogP contribution in [0.2, 0.25) is 0 Å². The van der Waals surface area contributed by atoms with Crippen molar-refractivity contribution in [1.82, 2.24) is 8.61 Å². The van der Waals surface area contributed by atoms with Crippen molar-refractivity contribution in [2.75, 3.05) is 31.5 Å². The fraction of sp³-hybridized carbons (Fsp3) is 1.00. The molecule has 0 aromatic carbocycles. The fourth-order valence-electron chi connectivity index (χ4n) is 2.05. The zero-order valence-corrected chi connectivity index (χ0v) is 12.4. The molecule has 1 saturated heterocycles. The summed E-state index contributed by atoms with van der Waals surface area (Å²) in [5.41, 5.74) is 0. The predicted molar refractivity (Wildman–Crippen MR) is 69.9 cm³/mol. The van der Waals surface area contributed by atoms with Crippen molar-refractivity contribution in [2.24, 2.45) is 5.92 Å². The molecule has 1 rings (SSSR count). The SMILES string of the molecule is CCN(CCBr)S(=O)(=O)N1CCCC(C)C1. The quantitative estimate of drug-likeness (QED) is 0.725. The van der Waals surface area contributed by atoms with Crippen LogP contribution in [-0.2, 0) is 10.2 Å². The highest BCUT2D eigenvalue weighted by Crippen LogP contribution is 2.20. The monoisotopic (exact) mass is 312 g/mol. The maximum absolute atomic E-state index is 12.3. The Morgan fingerprint density at radius 2 is 2.19 bits per heavy atom. The Hall–Kier alpha value is 0.350. The zero-order valence-electron chi connectivity index (χ0n) is 10.0. The van der Waals surface area contributed by atoms with Crippen LogP contribution in [0.25, 0.3) is 0 Å². The van der Waals surface area contributed by atoms with E-state index >= 15 is 0 Å². The van der Waals surface area contributed by atoms with E-state index in [1.54, 1.807) is 8.61 Å². The largest absolute Gasteiger partial charge is 0.282 e. The highest BCUT2D eigenvalue weighted by molar-refractivity contribution is 9.09. The molecule has 0 spiro atoms. The first-order chi connectivity index (χ1) is 7.52. The molecule has 0 aliphatic carbocycles. The van der Waals surface area contributed by atoms with E-state index in [2.05, 4.69) is 22.9 Å². The van der Waals surface area contributed by atoms with Gasteiger partial charge in [0.25, 0.3) is 10.2 Å². The summed E-state index contributed by atoms with van der Waals surface area (Å²) >= 11 is 3.29. The molecule has 1 heterocycles. The topological polar surface area (TPSA) is 40.6 Å². The first-order valence-corrected chi connectivity index (χ1v) is 8.35. The third kappa shape index (κ3) is 3.42. The predicted octanol–water partition coefficient (Wildman–Crippen LogP) is 1.68. The van der Waals surface area contributed by atoms with Gasteiger partial charge in [-0.3, -0.25) is 0 Å². The summed E-state index contributed by atoms with van der Waals surface area (Å²) in [5, 5.41) is 0.684. The molecule has 0 N–H and O–H groups in total. The second-order valence-electron chi connectivity index (χ2n) is 4.29. The van der Waals surface area contributed by atoms with Crippen molar-refractivity contribution in [3.8, 4) is 0 Å². The van der Waals surface area contributed by atoms with Crippen molar-refractivity contribution in [2.45, 2.75) is 26.7 Å². The molecular formula is C10H21BrN2O2S. The van der Waals surface area contributed by atoms with E-state index in [1.807, 2.05) is 6.92 Å². The molecule has 0 radical (unpaired) electrons. The summed E-state index contributed by atoms with van der Waals surface area (Å²) in [7, 11) is -3.23.